The number of rotatable bonds is 4. The number of H-pyrrole nitrogens is 1. The average molecular weight is 411 g/mol. The second-order valence-electron chi connectivity index (χ2n) is 5.97. The summed E-state index contributed by atoms with van der Waals surface area (Å²) in [6.07, 6.45) is -4.59. The number of alkyl halides is 3. The summed E-state index contributed by atoms with van der Waals surface area (Å²) in [7, 11) is 0. The van der Waals surface area contributed by atoms with E-state index in [1.807, 2.05) is 0 Å². The van der Waals surface area contributed by atoms with E-state index in [9.17, 15) is 22.8 Å². The number of aromatic amines is 1. The Balaban J connectivity index is 1.74. The summed E-state index contributed by atoms with van der Waals surface area (Å²) in [5, 5.41) is 2.62. The van der Waals surface area contributed by atoms with Crippen molar-refractivity contribution >= 4 is 40.1 Å². The van der Waals surface area contributed by atoms with Crippen molar-refractivity contribution in [3.8, 4) is 0 Å². The van der Waals surface area contributed by atoms with Gasteiger partial charge >= 0.3 is 12.1 Å². The van der Waals surface area contributed by atoms with E-state index >= 15 is 0 Å². The molecule has 9 heteroatoms. The van der Waals surface area contributed by atoms with Gasteiger partial charge in [0.05, 0.1) is 16.8 Å². The molecule has 1 aromatic heterocycles. The van der Waals surface area contributed by atoms with Crippen LogP contribution in [-0.4, -0.2) is 23.0 Å². The standard InChI is InChI=1S/C19H14ClF3N2O3/c1-10(28-18(27)13-9-24-15-5-3-2-4-12(13)15)17(26)25-16-7-6-11(20)8-14(16)19(21,22)23/h2-10,24H,1H3,(H,25,26)/t10-/m1/s1. The van der Waals surface area contributed by atoms with Crippen LogP contribution in [0.2, 0.25) is 5.02 Å². The number of halogens is 4. The summed E-state index contributed by atoms with van der Waals surface area (Å²) in [6.45, 7) is 1.27. The molecule has 0 aliphatic rings. The summed E-state index contributed by atoms with van der Waals surface area (Å²) in [6, 6.07) is 9.96. The molecule has 3 rings (SSSR count). The maximum absolute atomic E-state index is 13.1. The zero-order valence-corrected chi connectivity index (χ0v) is 15.2. The lowest BCUT2D eigenvalue weighted by atomic mass is 10.1. The molecule has 1 amide bonds. The molecule has 3 aromatic rings. The molecule has 0 saturated carbocycles. The second kappa shape index (κ2) is 7.55. The van der Waals surface area contributed by atoms with Crippen molar-refractivity contribution in [2.75, 3.05) is 5.32 Å². The molecule has 0 aliphatic carbocycles. The minimum atomic E-state index is -4.71. The van der Waals surface area contributed by atoms with Crippen LogP contribution in [-0.2, 0) is 15.7 Å². The van der Waals surface area contributed by atoms with Gasteiger partial charge in [0.2, 0.25) is 0 Å². The summed E-state index contributed by atoms with van der Waals surface area (Å²) in [5.41, 5.74) is -0.638. The summed E-state index contributed by atoms with van der Waals surface area (Å²) >= 11 is 5.61. The van der Waals surface area contributed by atoms with E-state index in [4.69, 9.17) is 16.3 Å². The number of carbonyl (C=O) groups excluding carboxylic acids is 2. The van der Waals surface area contributed by atoms with E-state index in [1.165, 1.54) is 19.2 Å². The number of hydrogen-bond donors (Lipinski definition) is 2. The van der Waals surface area contributed by atoms with Crippen LogP contribution in [0.25, 0.3) is 10.9 Å². The van der Waals surface area contributed by atoms with Crippen LogP contribution >= 0.6 is 11.6 Å². The highest BCUT2D eigenvalue weighted by Gasteiger charge is 2.34. The number of benzene rings is 2. The first-order valence-corrected chi connectivity index (χ1v) is 8.49. The van der Waals surface area contributed by atoms with Crippen molar-refractivity contribution in [1.82, 2.24) is 4.98 Å². The lowest BCUT2D eigenvalue weighted by Crippen LogP contribution is -2.30. The van der Waals surface area contributed by atoms with Crippen molar-refractivity contribution in [2.24, 2.45) is 0 Å². The maximum Gasteiger partial charge on any atom is 0.418 e. The number of esters is 1. The lowest BCUT2D eigenvalue weighted by molar-refractivity contribution is -0.137. The normalized spacial score (nSPS) is 12.6. The van der Waals surface area contributed by atoms with Gasteiger partial charge in [0.1, 0.15) is 0 Å². The molecule has 146 valence electrons. The predicted octanol–water partition coefficient (Wildman–Crippen LogP) is 5.02. The number of ether oxygens (including phenoxy) is 1. The van der Waals surface area contributed by atoms with Gasteiger partial charge in [0.15, 0.2) is 6.10 Å². The number of carbonyl (C=O) groups is 2. The topological polar surface area (TPSA) is 71.2 Å². The fourth-order valence-corrected chi connectivity index (χ4v) is 2.78. The zero-order chi connectivity index (χ0) is 20.5. The van der Waals surface area contributed by atoms with E-state index in [2.05, 4.69) is 10.3 Å². The Kier molecular flexibility index (Phi) is 5.33. The largest absolute Gasteiger partial charge is 0.449 e. The first-order valence-electron chi connectivity index (χ1n) is 8.11. The molecule has 1 atom stereocenters. The Labute approximate surface area is 162 Å². The van der Waals surface area contributed by atoms with Crippen LogP contribution < -0.4 is 5.32 Å². The number of fused-ring (bicyclic) bond motifs is 1. The predicted molar refractivity (Wildman–Crippen MR) is 98.3 cm³/mol. The molecule has 2 aromatic carbocycles. The number of anilines is 1. The van der Waals surface area contributed by atoms with E-state index in [0.29, 0.717) is 17.0 Å². The van der Waals surface area contributed by atoms with Crippen molar-refractivity contribution < 1.29 is 27.5 Å². The first-order chi connectivity index (χ1) is 13.2. The molecule has 0 fully saturated rings. The van der Waals surface area contributed by atoms with Gasteiger partial charge in [-0.3, -0.25) is 4.79 Å². The molecule has 0 saturated heterocycles. The molecule has 0 radical (unpaired) electrons. The number of amides is 1. The van der Waals surface area contributed by atoms with E-state index < -0.39 is 35.4 Å². The zero-order valence-electron chi connectivity index (χ0n) is 14.4. The summed E-state index contributed by atoms with van der Waals surface area (Å²) < 4.78 is 44.5. The van der Waals surface area contributed by atoms with Crippen LogP contribution in [0, 0.1) is 0 Å². The number of aromatic nitrogens is 1. The summed E-state index contributed by atoms with van der Waals surface area (Å²) in [4.78, 5) is 27.5. The third-order valence-corrected chi connectivity index (χ3v) is 4.24. The van der Waals surface area contributed by atoms with Gasteiger partial charge in [-0.25, -0.2) is 4.79 Å². The van der Waals surface area contributed by atoms with Gasteiger partial charge in [0.25, 0.3) is 5.91 Å². The van der Waals surface area contributed by atoms with Gasteiger partial charge < -0.3 is 15.0 Å². The Morgan fingerprint density at radius 3 is 2.61 bits per heavy atom. The van der Waals surface area contributed by atoms with Crippen molar-refractivity contribution in [3.63, 3.8) is 0 Å². The fraction of sp³-hybridized carbons (Fsp3) is 0.158. The number of nitrogens with one attached hydrogen (secondary N) is 2. The second-order valence-corrected chi connectivity index (χ2v) is 6.41. The number of para-hydroxylation sites is 1. The molecule has 2 N–H and O–H groups in total. The molecule has 0 bridgehead atoms. The molecular weight excluding hydrogens is 397 g/mol. The molecular formula is C19H14ClF3N2O3. The van der Waals surface area contributed by atoms with Crippen LogP contribution in [0.1, 0.15) is 22.8 Å². The Hall–Kier alpha value is -3.00. The van der Waals surface area contributed by atoms with Crippen LogP contribution in [0.4, 0.5) is 18.9 Å². The van der Waals surface area contributed by atoms with Crippen LogP contribution in [0.3, 0.4) is 0 Å². The van der Waals surface area contributed by atoms with Crippen molar-refractivity contribution in [3.05, 3.63) is 64.8 Å². The fourth-order valence-electron chi connectivity index (χ4n) is 2.61. The van der Waals surface area contributed by atoms with Crippen molar-refractivity contribution in [1.29, 1.82) is 0 Å². The molecule has 1 heterocycles. The minimum Gasteiger partial charge on any atom is -0.449 e. The van der Waals surface area contributed by atoms with E-state index in [0.717, 1.165) is 6.07 Å². The molecule has 0 spiro atoms. The van der Waals surface area contributed by atoms with E-state index in [-0.39, 0.29) is 10.6 Å². The SMILES string of the molecule is C[C@@H](OC(=O)c1c[nH]c2ccccc12)C(=O)Nc1ccc(Cl)cc1C(F)(F)F. The minimum absolute atomic E-state index is 0.121. The highest BCUT2D eigenvalue weighted by atomic mass is 35.5. The first kappa shape index (κ1) is 19.8. The Morgan fingerprint density at radius 1 is 1.18 bits per heavy atom. The molecule has 0 aliphatic heterocycles. The van der Waals surface area contributed by atoms with Gasteiger partial charge in [-0.15, -0.1) is 0 Å². The highest BCUT2D eigenvalue weighted by Crippen LogP contribution is 2.36. The van der Waals surface area contributed by atoms with Gasteiger partial charge in [0, 0.05) is 22.1 Å². The maximum atomic E-state index is 13.1. The van der Waals surface area contributed by atoms with Crippen LogP contribution in [0.5, 0.6) is 0 Å². The smallest absolute Gasteiger partial charge is 0.418 e. The molecule has 5 nitrogen and oxygen atoms in total. The van der Waals surface area contributed by atoms with Crippen molar-refractivity contribution in [2.45, 2.75) is 19.2 Å². The monoisotopic (exact) mass is 410 g/mol. The highest BCUT2D eigenvalue weighted by molar-refractivity contribution is 6.30. The Bertz CT molecular complexity index is 1050. The molecule has 0 unspecified atom stereocenters. The third kappa shape index (κ3) is 4.12. The number of hydrogen-bond acceptors (Lipinski definition) is 3. The van der Waals surface area contributed by atoms with Gasteiger partial charge in [-0.05, 0) is 31.2 Å². The molecule has 28 heavy (non-hydrogen) atoms. The lowest BCUT2D eigenvalue weighted by Gasteiger charge is -2.17. The van der Waals surface area contributed by atoms with E-state index in [1.54, 1.807) is 24.3 Å². The quantitative estimate of drug-likeness (QED) is 0.593. The third-order valence-electron chi connectivity index (χ3n) is 4.01. The Morgan fingerprint density at radius 2 is 1.89 bits per heavy atom. The van der Waals surface area contributed by atoms with Gasteiger partial charge in [-0.2, -0.15) is 13.2 Å². The summed E-state index contributed by atoms with van der Waals surface area (Å²) in [5.74, 6) is -1.67. The van der Waals surface area contributed by atoms with Crippen LogP contribution in [0.15, 0.2) is 48.7 Å². The average Bonchev–Trinajstić information content (AvgIpc) is 3.06. The van der Waals surface area contributed by atoms with Gasteiger partial charge in [-0.1, -0.05) is 29.8 Å².